The number of anilines is 1. The van der Waals surface area contributed by atoms with Gasteiger partial charge in [-0.2, -0.15) is 5.10 Å². The zero-order valence-corrected chi connectivity index (χ0v) is 8.37. The molecular weight excluding hydrogens is 182 g/mol. The van der Waals surface area contributed by atoms with Crippen molar-refractivity contribution in [3.63, 3.8) is 0 Å². The van der Waals surface area contributed by atoms with E-state index in [4.69, 9.17) is 5.73 Å². The first-order chi connectivity index (χ1) is 6.63. The first-order valence-electron chi connectivity index (χ1n) is 4.39. The first kappa shape index (κ1) is 10.5. The van der Waals surface area contributed by atoms with Gasteiger partial charge in [-0.25, -0.2) is 4.79 Å². The lowest BCUT2D eigenvalue weighted by Crippen LogP contribution is -2.33. The number of nitrogens with two attached hydrogens (primary N) is 1. The summed E-state index contributed by atoms with van der Waals surface area (Å²) in [5, 5.41) is 9.36. The number of nitrogens with one attached hydrogen (secondary N) is 2. The Bertz CT molecular complexity index is 320. The van der Waals surface area contributed by atoms with Crippen molar-refractivity contribution in [1.29, 1.82) is 0 Å². The Morgan fingerprint density at radius 1 is 1.71 bits per heavy atom. The van der Waals surface area contributed by atoms with Crippen LogP contribution in [0.2, 0.25) is 0 Å². The number of hydrogen-bond acceptors (Lipinski definition) is 3. The van der Waals surface area contributed by atoms with Crippen LogP contribution in [0.1, 0.15) is 5.69 Å². The molecule has 6 nitrogen and oxygen atoms in total. The van der Waals surface area contributed by atoms with Gasteiger partial charge in [0.2, 0.25) is 0 Å². The van der Waals surface area contributed by atoms with E-state index in [2.05, 4.69) is 15.7 Å². The standard InChI is InChI=1S/C8H15N5O/c1-6-5-7(13(2)12-6)11-8(14)10-4-3-9/h5H,3-4,9H2,1-2H3,(H2,10,11,14). The summed E-state index contributed by atoms with van der Waals surface area (Å²) in [6, 6.07) is 1.53. The number of hydrogen-bond donors (Lipinski definition) is 3. The maximum atomic E-state index is 11.2. The molecule has 0 unspecified atom stereocenters. The Morgan fingerprint density at radius 3 is 2.93 bits per heavy atom. The maximum Gasteiger partial charge on any atom is 0.320 e. The fraction of sp³-hybridized carbons (Fsp3) is 0.500. The number of rotatable bonds is 3. The van der Waals surface area contributed by atoms with Crippen LogP contribution in [-0.2, 0) is 7.05 Å². The molecule has 78 valence electrons. The molecule has 2 amide bonds. The van der Waals surface area contributed by atoms with Crippen molar-refractivity contribution < 1.29 is 4.79 Å². The van der Waals surface area contributed by atoms with Crippen LogP contribution in [0.5, 0.6) is 0 Å². The third-order valence-corrected chi connectivity index (χ3v) is 1.67. The van der Waals surface area contributed by atoms with Gasteiger partial charge >= 0.3 is 6.03 Å². The second-order valence-corrected chi connectivity index (χ2v) is 2.96. The average Bonchev–Trinajstić information content (AvgIpc) is 2.42. The number of nitrogens with zero attached hydrogens (tertiary/aromatic N) is 2. The zero-order valence-electron chi connectivity index (χ0n) is 8.37. The third kappa shape index (κ3) is 2.74. The predicted molar refractivity (Wildman–Crippen MR) is 54.0 cm³/mol. The molecule has 0 spiro atoms. The molecular formula is C8H15N5O. The van der Waals surface area contributed by atoms with Gasteiger partial charge in [0.25, 0.3) is 0 Å². The number of aromatic nitrogens is 2. The van der Waals surface area contributed by atoms with Gasteiger partial charge in [0.15, 0.2) is 0 Å². The molecule has 0 saturated heterocycles. The number of carbonyl (C=O) groups excluding carboxylic acids is 1. The van der Waals surface area contributed by atoms with E-state index >= 15 is 0 Å². The minimum atomic E-state index is -0.265. The molecule has 14 heavy (non-hydrogen) atoms. The topological polar surface area (TPSA) is 85.0 Å². The van der Waals surface area contributed by atoms with Gasteiger partial charge in [0.1, 0.15) is 5.82 Å². The summed E-state index contributed by atoms with van der Waals surface area (Å²) < 4.78 is 1.61. The first-order valence-corrected chi connectivity index (χ1v) is 4.39. The van der Waals surface area contributed by atoms with Gasteiger partial charge in [0, 0.05) is 26.2 Å². The summed E-state index contributed by atoms with van der Waals surface area (Å²) in [5.74, 6) is 0.664. The molecule has 0 aliphatic heterocycles. The zero-order chi connectivity index (χ0) is 10.6. The van der Waals surface area contributed by atoms with Gasteiger partial charge in [-0.1, -0.05) is 0 Å². The Kier molecular flexibility index (Phi) is 3.47. The molecule has 1 rings (SSSR count). The van der Waals surface area contributed by atoms with E-state index < -0.39 is 0 Å². The number of carbonyl (C=O) groups is 1. The van der Waals surface area contributed by atoms with E-state index in [-0.39, 0.29) is 6.03 Å². The Hall–Kier alpha value is -1.56. The van der Waals surface area contributed by atoms with Crippen molar-refractivity contribution in [2.75, 3.05) is 18.4 Å². The van der Waals surface area contributed by atoms with Crippen molar-refractivity contribution in [1.82, 2.24) is 15.1 Å². The molecule has 0 aromatic carbocycles. The molecule has 0 aliphatic rings. The highest BCUT2D eigenvalue weighted by Crippen LogP contribution is 2.06. The number of aryl methyl sites for hydroxylation is 2. The molecule has 0 radical (unpaired) electrons. The molecule has 6 heteroatoms. The van der Waals surface area contributed by atoms with Crippen molar-refractivity contribution in [2.45, 2.75) is 6.92 Å². The summed E-state index contributed by atoms with van der Waals surface area (Å²) in [4.78, 5) is 11.2. The number of amides is 2. The van der Waals surface area contributed by atoms with Crippen LogP contribution in [0.15, 0.2) is 6.07 Å². The largest absolute Gasteiger partial charge is 0.337 e. The van der Waals surface area contributed by atoms with E-state index in [9.17, 15) is 4.79 Å². The van der Waals surface area contributed by atoms with Crippen LogP contribution in [-0.4, -0.2) is 28.9 Å². The van der Waals surface area contributed by atoms with Gasteiger partial charge in [-0.15, -0.1) is 0 Å². The van der Waals surface area contributed by atoms with E-state index in [1.165, 1.54) is 0 Å². The second-order valence-electron chi connectivity index (χ2n) is 2.96. The molecule has 1 heterocycles. The van der Waals surface area contributed by atoms with Gasteiger partial charge in [0.05, 0.1) is 5.69 Å². The van der Waals surface area contributed by atoms with Crippen LogP contribution in [0.4, 0.5) is 10.6 Å². The monoisotopic (exact) mass is 197 g/mol. The van der Waals surface area contributed by atoms with Crippen LogP contribution in [0, 0.1) is 6.92 Å². The quantitative estimate of drug-likeness (QED) is 0.627. The van der Waals surface area contributed by atoms with Gasteiger partial charge in [-0.3, -0.25) is 10.00 Å². The third-order valence-electron chi connectivity index (χ3n) is 1.67. The fourth-order valence-corrected chi connectivity index (χ4v) is 1.07. The normalized spacial score (nSPS) is 9.93. The molecule has 0 saturated carbocycles. The van der Waals surface area contributed by atoms with Crippen LogP contribution < -0.4 is 16.4 Å². The lowest BCUT2D eigenvalue weighted by atomic mass is 10.5. The Morgan fingerprint density at radius 2 is 2.43 bits per heavy atom. The molecule has 0 atom stereocenters. The molecule has 1 aromatic rings. The van der Waals surface area contributed by atoms with Crippen LogP contribution in [0.25, 0.3) is 0 Å². The minimum Gasteiger partial charge on any atom is -0.337 e. The Balaban J connectivity index is 2.51. The molecule has 1 aromatic heterocycles. The summed E-state index contributed by atoms with van der Waals surface area (Å²) in [5.41, 5.74) is 6.11. The van der Waals surface area contributed by atoms with Crippen molar-refractivity contribution in [3.05, 3.63) is 11.8 Å². The predicted octanol–water partition coefficient (Wildman–Crippen LogP) is -0.191. The summed E-state index contributed by atoms with van der Waals surface area (Å²) in [7, 11) is 1.77. The SMILES string of the molecule is Cc1cc(NC(=O)NCCN)n(C)n1. The number of urea groups is 1. The summed E-state index contributed by atoms with van der Waals surface area (Å²) in [6.45, 7) is 2.75. The van der Waals surface area contributed by atoms with Crippen molar-refractivity contribution in [2.24, 2.45) is 12.8 Å². The second kappa shape index (κ2) is 4.61. The summed E-state index contributed by atoms with van der Waals surface area (Å²) >= 11 is 0. The highest BCUT2D eigenvalue weighted by Gasteiger charge is 2.05. The van der Waals surface area contributed by atoms with Crippen LogP contribution >= 0.6 is 0 Å². The molecule has 0 bridgehead atoms. The van der Waals surface area contributed by atoms with Crippen LogP contribution in [0.3, 0.4) is 0 Å². The van der Waals surface area contributed by atoms with Gasteiger partial charge in [-0.05, 0) is 6.92 Å². The van der Waals surface area contributed by atoms with E-state index in [1.807, 2.05) is 6.92 Å². The van der Waals surface area contributed by atoms with Gasteiger partial charge < -0.3 is 11.1 Å². The summed E-state index contributed by atoms with van der Waals surface area (Å²) in [6.07, 6.45) is 0. The van der Waals surface area contributed by atoms with Crippen molar-refractivity contribution >= 4 is 11.8 Å². The van der Waals surface area contributed by atoms with Crippen molar-refractivity contribution in [3.8, 4) is 0 Å². The molecule has 0 fully saturated rings. The maximum absolute atomic E-state index is 11.2. The highest BCUT2D eigenvalue weighted by molar-refractivity contribution is 5.88. The smallest absolute Gasteiger partial charge is 0.320 e. The molecule has 4 N–H and O–H groups in total. The fourth-order valence-electron chi connectivity index (χ4n) is 1.07. The lowest BCUT2D eigenvalue weighted by Gasteiger charge is -2.05. The average molecular weight is 197 g/mol. The van der Waals surface area contributed by atoms with E-state index in [0.717, 1.165) is 5.69 Å². The van der Waals surface area contributed by atoms with E-state index in [1.54, 1.807) is 17.8 Å². The minimum absolute atomic E-state index is 0.265. The Labute approximate surface area is 82.5 Å². The lowest BCUT2D eigenvalue weighted by molar-refractivity contribution is 0.252. The van der Waals surface area contributed by atoms with E-state index in [0.29, 0.717) is 18.9 Å². The highest BCUT2D eigenvalue weighted by atomic mass is 16.2. The molecule has 0 aliphatic carbocycles.